The molecule has 0 aliphatic rings. The lowest BCUT2D eigenvalue weighted by molar-refractivity contribution is 0.0886. The zero-order valence-electron chi connectivity index (χ0n) is 11.0. The van der Waals surface area contributed by atoms with Crippen molar-refractivity contribution in [1.29, 1.82) is 0 Å². The summed E-state index contributed by atoms with van der Waals surface area (Å²) >= 11 is 1.63. The van der Waals surface area contributed by atoms with Crippen molar-refractivity contribution in [2.45, 2.75) is 46.1 Å². The Bertz CT molecular complexity index is 400. The molecular formula is C13H21NO2S. The molecule has 3 nitrogen and oxygen atoms in total. The first-order chi connectivity index (χ1) is 7.91. The number of hydrogen-bond acceptors (Lipinski definition) is 3. The van der Waals surface area contributed by atoms with Crippen LogP contribution in [0.5, 0.6) is 0 Å². The summed E-state index contributed by atoms with van der Waals surface area (Å²) in [4.78, 5) is 14.3. The molecule has 1 aromatic rings. The molecule has 1 heterocycles. The first-order valence-electron chi connectivity index (χ1n) is 5.92. The Morgan fingerprint density at radius 3 is 2.59 bits per heavy atom. The van der Waals surface area contributed by atoms with Crippen molar-refractivity contribution in [1.82, 2.24) is 5.32 Å². The van der Waals surface area contributed by atoms with Crippen LogP contribution in [0.1, 0.15) is 46.8 Å². The normalized spacial score (nSPS) is 14.4. The molecule has 0 aliphatic heterocycles. The van der Waals surface area contributed by atoms with Crippen LogP contribution in [0.2, 0.25) is 0 Å². The number of nitrogens with one attached hydrogen (secondary N) is 1. The van der Waals surface area contributed by atoms with Gasteiger partial charge in [-0.2, -0.15) is 0 Å². The van der Waals surface area contributed by atoms with Crippen molar-refractivity contribution in [3.63, 3.8) is 0 Å². The molecule has 1 aromatic heterocycles. The van der Waals surface area contributed by atoms with Crippen molar-refractivity contribution in [2.24, 2.45) is 0 Å². The molecule has 0 aliphatic carbocycles. The van der Waals surface area contributed by atoms with Crippen LogP contribution >= 0.6 is 11.3 Å². The van der Waals surface area contributed by atoms with Gasteiger partial charge in [0.25, 0.3) is 5.91 Å². The van der Waals surface area contributed by atoms with E-state index in [2.05, 4.69) is 5.32 Å². The van der Waals surface area contributed by atoms with Crippen LogP contribution < -0.4 is 5.32 Å². The average molecular weight is 255 g/mol. The predicted molar refractivity (Wildman–Crippen MR) is 71.7 cm³/mol. The van der Waals surface area contributed by atoms with Gasteiger partial charge in [-0.3, -0.25) is 4.79 Å². The largest absolute Gasteiger partial charge is 0.396 e. The maximum absolute atomic E-state index is 12.1. The number of rotatable bonds is 5. The van der Waals surface area contributed by atoms with Crippen LogP contribution in [0.25, 0.3) is 0 Å². The number of aliphatic hydroxyl groups is 1. The monoisotopic (exact) mass is 255 g/mol. The van der Waals surface area contributed by atoms with Crippen LogP contribution in [-0.4, -0.2) is 23.2 Å². The van der Waals surface area contributed by atoms with Crippen LogP contribution in [0.4, 0.5) is 0 Å². The molecule has 96 valence electrons. The lowest BCUT2D eigenvalue weighted by atomic mass is 9.94. The number of aryl methyl sites for hydroxylation is 2. The van der Waals surface area contributed by atoms with Crippen molar-refractivity contribution < 1.29 is 9.90 Å². The van der Waals surface area contributed by atoms with Crippen LogP contribution in [-0.2, 0) is 0 Å². The number of carbonyl (C=O) groups excluding carboxylic acids is 1. The first-order valence-corrected chi connectivity index (χ1v) is 6.74. The van der Waals surface area contributed by atoms with Gasteiger partial charge in [0, 0.05) is 21.9 Å². The topological polar surface area (TPSA) is 49.3 Å². The van der Waals surface area contributed by atoms with Gasteiger partial charge >= 0.3 is 0 Å². The van der Waals surface area contributed by atoms with E-state index in [9.17, 15) is 4.79 Å². The zero-order chi connectivity index (χ0) is 13.1. The summed E-state index contributed by atoms with van der Waals surface area (Å²) in [6.07, 6.45) is 1.39. The molecule has 0 aromatic carbocycles. The summed E-state index contributed by atoms with van der Waals surface area (Å²) in [5.74, 6) is -0.0374. The Hall–Kier alpha value is -0.870. The number of amides is 1. The van der Waals surface area contributed by atoms with Gasteiger partial charge in [0.05, 0.1) is 5.56 Å². The summed E-state index contributed by atoms with van der Waals surface area (Å²) < 4.78 is 0. The summed E-state index contributed by atoms with van der Waals surface area (Å²) in [6, 6.07) is 1.92. The SMILES string of the molecule is CCC(C)(CCO)NC(=O)c1cc(C)sc1C. The molecule has 1 rings (SSSR count). The number of thiophene rings is 1. The highest BCUT2D eigenvalue weighted by molar-refractivity contribution is 7.12. The predicted octanol–water partition coefficient (Wildman–Crippen LogP) is 2.65. The molecule has 0 spiro atoms. The molecule has 17 heavy (non-hydrogen) atoms. The van der Waals surface area contributed by atoms with Gasteiger partial charge in [0.1, 0.15) is 0 Å². The maximum Gasteiger partial charge on any atom is 0.252 e. The molecule has 1 amide bonds. The molecule has 1 atom stereocenters. The van der Waals surface area contributed by atoms with Gasteiger partial charge in [-0.1, -0.05) is 6.92 Å². The second-order valence-corrected chi connectivity index (χ2v) is 6.13. The molecule has 0 saturated carbocycles. The van der Waals surface area contributed by atoms with Gasteiger partial charge in [-0.05, 0) is 39.7 Å². The molecule has 0 saturated heterocycles. The highest BCUT2D eigenvalue weighted by Crippen LogP contribution is 2.22. The Kier molecular flexibility index (Phi) is 4.71. The Morgan fingerprint density at radius 1 is 1.53 bits per heavy atom. The molecule has 0 bridgehead atoms. The second-order valence-electron chi connectivity index (χ2n) is 4.67. The van der Waals surface area contributed by atoms with Gasteiger partial charge in [0.2, 0.25) is 0 Å². The summed E-state index contributed by atoms with van der Waals surface area (Å²) in [7, 11) is 0. The number of aliphatic hydroxyl groups excluding tert-OH is 1. The minimum absolute atomic E-state index is 0.0374. The lowest BCUT2D eigenvalue weighted by Crippen LogP contribution is -2.46. The smallest absolute Gasteiger partial charge is 0.252 e. The fourth-order valence-corrected chi connectivity index (χ4v) is 2.69. The third kappa shape index (κ3) is 3.54. The fourth-order valence-electron chi connectivity index (χ4n) is 1.77. The highest BCUT2D eigenvalue weighted by Gasteiger charge is 2.25. The summed E-state index contributed by atoms with van der Waals surface area (Å²) in [5, 5.41) is 12.0. The van der Waals surface area contributed by atoms with Crippen LogP contribution in [0.15, 0.2) is 6.07 Å². The van der Waals surface area contributed by atoms with E-state index in [1.54, 1.807) is 11.3 Å². The Morgan fingerprint density at radius 2 is 2.18 bits per heavy atom. The minimum atomic E-state index is -0.325. The molecule has 2 N–H and O–H groups in total. The van der Waals surface area contributed by atoms with Crippen LogP contribution in [0, 0.1) is 13.8 Å². The van der Waals surface area contributed by atoms with Crippen molar-refractivity contribution in [3.8, 4) is 0 Å². The standard InChI is InChI=1S/C13H21NO2S/c1-5-13(4,6-7-15)14-12(16)11-8-9(2)17-10(11)3/h8,15H,5-7H2,1-4H3,(H,14,16). The summed E-state index contributed by atoms with van der Waals surface area (Å²) in [6.45, 7) is 8.03. The second kappa shape index (κ2) is 5.65. The Balaban J connectivity index is 2.81. The number of hydrogen-bond donors (Lipinski definition) is 2. The minimum Gasteiger partial charge on any atom is -0.396 e. The molecule has 1 unspecified atom stereocenters. The van der Waals surface area contributed by atoms with E-state index in [4.69, 9.17) is 5.11 Å². The van der Waals surface area contributed by atoms with E-state index in [-0.39, 0.29) is 18.1 Å². The molecular weight excluding hydrogens is 234 g/mol. The van der Waals surface area contributed by atoms with Crippen LogP contribution in [0.3, 0.4) is 0 Å². The fraction of sp³-hybridized carbons (Fsp3) is 0.615. The number of carbonyl (C=O) groups is 1. The average Bonchev–Trinajstić information content (AvgIpc) is 2.58. The van der Waals surface area contributed by atoms with Crippen molar-refractivity contribution in [2.75, 3.05) is 6.61 Å². The van der Waals surface area contributed by atoms with E-state index in [0.29, 0.717) is 6.42 Å². The van der Waals surface area contributed by atoms with Gasteiger partial charge in [-0.25, -0.2) is 0 Å². The quantitative estimate of drug-likeness (QED) is 0.849. The third-order valence-electron chi connectivity index (χ3n) is 3.14. The van der Waals surface area contributed by atoms with E-state index < -0.39 is 0 Å². The lowest BCUT2D eigenvalue weighted by Gasteiger charge is -2.29. The Labute approximate surface area is 107 Å². The van der Waals surface area contributed by atoms with Gasteiger partial charge in [0.15, 0.2) is 0 Å². The van der Waals surface area contributed by atoms with E-state index in [1.165, 1.54) is 0 Å². The van der Waals surface area contributed by atoms with Crippen molar-refractivity contribution in [3.05, 3.63) is 21.4 Å². The van der Waals surface area contributed by atoms with E-state index in [1.807, 2.05) is 33.8 Å². The van der Waals surface area contributed by atoms with E-state index in [0.717, 1.165) is 21.7 Å². The molecule has 4 heteroatoms. The van der Waals surface area contributed by atoms with Gasteiger partial charge in [-0.15, -0.1) is 11.3 Å². The van der Waals surface area contributed by atoms with Crippen molar-refractivity contribution >= 4 is 17.2 Å². The molecule has 0 fully saturated rings. The third-order valence-corrected chi connectivity index (χ3v) is 4.11. The zero-order valence-corrected chi connectivity index (χ0v) is 11.8. The summed E-state index contributed by atoms with van der Waals surface area (Å²) in [5.41, 5.74) is 0.429. The maximum atomic E-state index is 12.1. The molecule has 0 radical (unpaired) electrons. The van der Waals surface area contributed by atoms with E-state index >= 15 is 0 Å². The highest BCUT2D eigenvalue weighted by atomic mass is 32.1. The van der Waals surface area contributed by atoms with Gasteiger partial charge < -0.3 is 10.4 Å². The first kappa shape index (κ1) is 14.2.